The number of benzene rings is 1. The average Bonchev–Trinajstić information content (AvgIpc) is 2.64. The SMILES string of the molecule is Fc1cc(F)cc(-c2nc(CCl)cs2)c1. The summed E-state index contributed by atoms with van der Waals surface area (Å²) in [5, 5.41) is 2.34. The predicted molar refractivity (Wildman–Crippen MR) is 57.0 cm³/mol. The molecule has 0 saturated carbocycles. The van der Waals surface area contributed by atoms with Crippen molar-refractivity contribution in [3.05, 3.63) is 40.9 Å². The summed E-state index contributed by atoms with van der Waals surface area (Å²) in [7, 11) is 0. The first-order chi connectivity index (χ1) is 7.19. The molecular weight excluding hydrogens is 240 g/mol. The van der Waals surface area contributed by atoms with Crippen LogP contribution in [0.15, 0.2) is 23.6 Å². The number of thiazole rings is 1. The van der Waals surface area contributed by atoms with Gasteiger partial charge in [-0.2, -0.15) is 0 Å². The Kier molecular flexibility index (Phi) is 2.98. The molecule has 1 aromatic heterocycles. The van der Waals surface area contributed by atoms with Gasteiger partial charge in [-0.15, -0.1) is 22.9 Å². The Morgan fingerprint density at radius 3 is 2.40 bits per heavy atom. The van der Waals surface area contributed by atoms with E-state index in [9.17, 15) is 8.78 Å². The molecule has 0 amide bonds. The number of halogens is 3. The number of aromatic nitrogens is 1. The molecule has 0 aliphatic heterocycles. The molecule has 0 bridgehead atoms. The number of nitrogens with zero attached hydrogens (tertiary/aromatic N) is 1. The van der Waals surface area contributed by atoms with E-state index in [2.05, 4.69) is 4.98 Å². The van der Waals surface area contributed by atoms with Gasteiger partial charge in [0.2, 0.25) is 0 Å². The lowest BCUT2D eigenvalue weighted by atomic mass is 10.2. The Hall–Kier alpha value is -1.000. The molecule has 0 radical (unpaired) electrons. The van der Waals surface area contributed by atoms with Gasteiger partial charge in [-0.05, 0) is 12.1 Å². The fraction of sp³-hybridized carbons (Fsp3) is 0.100. The van der Waals surface area contributed by atoms with Crippen LogP contribution in [0.3, 0.4) is 0 Å². The lowest BCUT2D eigenvalue weighted by Gasteiger charge is -1.97. The zero-order valence-electron chi connectivity index (χ0n) is 7.51. The maximum atomic E-state index is 12.9. The Balaban J connectivity index is 2.44. The van der Waals surface area contributed by atoms with Crippen molar-refractivity contribution >= 4 is 22.9 Å². The van der Waals surface area contributed by atoms with Crippen molar-refractivity contribution in [2.45, 2.75) is 5.88 Å². The number of hydrogen-bond donors (Lipinski definition) is 0. The van der Waals surface area contributed by atoms with Gasteiger partial charge < -0.3 is 0 Å². The van der Waals surface area contributed by atoms with Gasteiger partial charge in [0.1, 0.15) is 16.6 Å². The van der Waals surface area contributed by atoms with E-state index in [0.29, 0.717) is 22.1 Å². The Morgan fingerprint density at radius 1 is 1.20 bits per heavy atom. The van der Waals surface area contributed by atoms with E-state index in [1.54, 1.807) is 5.38 Å². The Morgan fingerprint density at radius 2 is 1.87 bits per heavy atom. The van der Waals surface area contributed by atoms with Crippen molar-refractivity contribution in [3.8, 4) is 10.6 Å². The van der Waals surface area contributed by atoms with E-state index in [4.69, 9.17) is 11.6 Å². The fourth-order valence-corrected chi connectivity index (χ4v) is 2.21. The zero-order chi connectivity index (χ0) is 10.8. The Labute approximate surface area is 94.3 Å². The van der Waals surface area contributed by atoms with E-state index in [-0.39, 0.29) is 0 Å². The first-order valence-corrected chi connectivity index (χ1v) is 5.57. The third kappa shape index (κ3) is 2.33. The Bertz CT molecular complexity index is 464. The number of rotatable bonds is 2. The maximum absolute atomic E-state index is 12.9. The molecule has 1 aromatic carbocycles. The van der Waals surface area contributed by atoms with Crippen LogP contribution in [0.25, 0.3) is 10.6 Å². The van der Waals surface area contributed by atoms with E-state index < -0.39 is 11.6 Å². The highest BCUT2D eigenvalue weighted by Gasteiger charge is 2.07. The lowest BCUT2D eigenvalue weighted by molar-refractivity contribution is 0.584. The summed E-state index contributed by atoms with van der Waals surface area (Å²) in [6.07, 6.45) is 0. The third-order valence-corrected chi connectivity index (χ3v) is 3.01. The first-order valence-electron chi connectivity index (χ1n) is 4.16. The predicted octanol–water partition coefficient (Wildman–Crippen LogP) is 3.83. The molecule has 0 fully saturated rings. The summed E-state index contributed by atoms with van der Waals surface area (Å²) in [6.45, 7) is 0. The molecule has 0 aliphatic carbocycles. The molecule has 2 rings (SSSR count). The first kappa shape index (κ1) is 10.5. The van der Waals surface area contributed by atoms with Gasteiger partial charge >= 0.3 is 0 Å². The van der Waals surface area contributed by atoms with Crippen LogP contribution < -0.4 is 0 Å². The fourth-order valence-electron chi connectivity index (χ4n) is 1.18. The van der Waals surface area contributed by atoms with Crippen molar-refractivity contribution < 1.29 is 8.78 Å². The highest BCUT2D eigenvalue weighted by atomic mass is 35.5. The summed E-state index contributed by atoms with van der Waals surface area (Å²) >= 11 is 6.90. The summed E-state index contributed by atoms with van der Waals surface area (Å²) < 4.78 is 25.8. The molecule has 1 heterocycles. The standard InChI is InChI=1S/C10H6ClF2NS/c11-4-9-5-15-10(14-9)6-1-7(12)3-8(13)2-6/h1-3,5H,4H2. The molecule has 0 N–H and O–H groups in total. The summed E-state index contributed by atoms with van der Waals surface area (Å²) in [4.78, 5) is 4.13. The highest BCUT2D eigenvalue weighted by molar-refractivity contribution is 7.13. The van der Waals surface area contributed by atoms with Crippen LogP contribution in [0.1, 0.15) is 5.69 Å². The minimum atomic E-state index is -0.604. The summed E-state index contributed by atoms with van der Waals surface area (Å²) in [6, 6.07) is 3.33. The van der Waals surface area contributed by atoms with Crippen LogP contribution in [0.2, 0.25) is 0 Å². The van der Waals surface area contributed by atoms with E-state index >= 15 is 0 Å². The maximum Gasteiger partial charge on any atom is 0.126 e. The molecule has 0 aliphatic rings. The van der Waals surface area contributed by atoms with Crippen LogP contribution >= 0.6 is 22.9 Å². The largest absolute Gasteiger partial charge is 0.240 e. The van der Waals surface area contributed by atoms with E-state index in [1.165, 1.54) is 23.5 Å². The topological polar surface area (TPSA) is 12.9 Å². The molecule has 0 atom stereocenters. The molecule has 1 nitrogen and oxygen atoms in total. The van der Waals surface area contributed by atoms with Gasteiger partial charge in [-0.25, -0.2) is 13.8 Å². The summed E-state index contributed by atoms with van der Waals surface area (Å²) in [5.41, 5.74) is 1.15. The molecule has 0 unspecified atom stereocenters. The van der Waals surface area contributed by atoms with Gasteiger partial charge in [-0.1, -0.05) is 0 Å². The van der Waals surface area contributed by atoms with Gasteiger partial charge in [0.25, 0.3) is 0 Å². The molecule has 15 heavy (non-hydrogen) atoms. The highest BCUT2D eigenvalue weighted by Crippen LogP contribution is 2.25. The smallest absolute Gasteiger partial charge is 0.126 e. The molecule has 0 saturated heterocycles. The number of alkyl halides is 1. The molecule has 0 spiro atoms. The van der Waals surface area contributed by atoms with Gasteiger partial charge in [-0.3, -0.25) is 0 Å². The van der Waals surface area contributed by atoms with Gasteiger partial charge in [0, 0.05) is 17.0 Å². The minimum absolute atomic E-state index is 0.300. The van der Waals surface area contributed by atoms with Crippen molar-refractivity contribution in [3.63, 3.8) is 0 Å². The van der Waals surface area contributed by atoms with Crippen LogP contribution in [0.5, 0.6) is 0 Å². The van der Waals surface area contributed by atoms with Crippen molar-refractivity contribution in [2.24, 2.45) is 0 Å². The van der Waals surface area contributed by atoms with Gasteiger partial charge in [0.15, 0.2) is 0 Å². The summed E-state index contributed by atoms with van der Waals surface area (Å²) in [5.74, 6) is -0.908. The monoisotopic (exact) mass is 245 g/mol. The van der Waals surface area contributed by atoms with Crippen molar-refractivity contribution in [1.82, 2.24) is 4.98 Å². The van der Waals surface area contributed by atoms with Crippen molar-refractivity contribution in [2.75, 3.05) is 0 Å². The minimum Gasteiger partial charge on any atom is -0.240 e. The molecule has 78 valence electrons. The molecule has 5 heteroatoms. The second kappa shape index (κ2) is 4.24. The second-order valence-corrected chi connectivity index (χ2v) is 4.06. The average molecular weight is 246 g/mol. The van der Waals surface area contributed by atoms with Crippen molar-refractivity contribution in [1.29, 1.82) is 0 Å². The number of hydrogen-bond acceptors (Lipinski definition) is 2. The normalized spacial score (nSPS) is 10.6. The molecule has 2 aromatic rings. The van der Waals surface area contributed by atoms with Crippen LogP contribution in [-0.2, 0) is 5.88 Å². The van der Waals surface area contributed by atoms with Gasteiger partial charge in [0.05, 0.1) is 11.6 Å². The zero-order valence-corrected chi connectivity index (χ0v) is 9.08. The van der Waals surface area contributed by atoms with Crippen LogP contribution in [0.4, 0.5) is 8.78 Å². The lowest BCUT2D eigenvalue weighted by Crippen LogP contribution is -1.84. The molecular formula is C10H6ClF2NS. The van der Waals surface area contributed by atoms with E-state index in [0.717, 1.165) is 6.07 Å². The quantitative estimate of drug-likeness (QED) is 0.733. The van der Waals surface area contributed by atoms with E-state index in [1.807, 2.05) is 0 Å². The van der Waals surface area contributed by atoms with Crippen LogP contribution in [0, 0.1) is 11.6 Å². The second-order valence-electron chi connectivity index (χ2n) is 2.94. The van der Waals surface area contributed by atoms with Crippen LogP contribution in [-0.4, -0.2) is 4.98 Å². The third-order valence-electron chi connectivity index (χ3n) is 1.80.